The minimum Gasteiger partial charge on any atom is -0.370 e. The molecule has 0 radical (unpaired) electrons. The Hall–Kier alpha value is -2.86. The van der Waals surface area contributed by atoms with Gasteiger partial charge in [-0.25, -0.2) is 4.90 Å². The Balaban J connectivity index is 1.60. The predicted octanol–water partition coefficient (Wildman–Crippen LogP) is 4.62. The van der Waals surface area contributed by atoms with Gasteiger partial charge < -0.3 is 9.80 Å². The quantitative estimate of drug-likeness (QED) is 0.599. The zero-order chi connectivity index (χ0) is 22.8. The van der Waals surface area contributed by atoms with E-state index in [0.29, 0.717) is 28.4 Å². The van der Waals surface area contributed by atoms with E-state index in [2.05, 4.69) is 11.8 Å². The van der Waals surface area contributed by atoms with Gasteiger partial charge >= 0.3 is 0 Å². The molecule has 0 saturated carbocycles. The first-order chi connectivity index (χ1) is 15.4. The summed E-state index contributed by atoms with van der Waals surface area (Å²) in [5.74, 6) is -0.661. The number of hydrogen-bond donors (Lipinski definition) is 0. The van der Waals surface area contributed by atoms with Crippen molar-refractivity contribution in [1.29, 1.82) is 0 Å². The third-order valence-electron chi connectivity index (χ3n) is 6.29. The van der Waals surface area contributed by atoms with Crippen LogP contribution in [0.5, 0.6) is 0 Å². The molecule has 2 heterocycles. The van der Waals surface area contributed by atoms with Gasteiger partial charge in [0.2, 0.25) is 5.91 Å². The molecule has 2 aliphatic rings. The van der Waals surface area contributed by atoms with Crippen LogP contribution in [-0.4, -0.2) is 49.3 Å². The van der Waals surface area contributed by atoms with Crippen LogP contribution in [-0.2, 0) is 4.79 Å². The van der Waals surface area contributed by atoms with E-state index in [1.165, 1.54) is 4.90 Å². The summed E-state index contributed by atoms with van der Waals surface area (Å²) in [5, 5.41) is 0.462. The second kappa shape index (κ2) is 9.33. The van der Waals surface area contributed by atoms with Crippen LogP contribution in [0.2, 0.25) is 5.02 Å². The molecular weight excluding hydrogens is 426 g/mol. The lowest BCUT2D eigenvalue weighted by molar-refractivity contribution is -0.134. The number of rotatable bonds is 6. The lowest BCUT2D eigenvalue weighted by atomic mass is 9.95. The summed E-state index contributed by atoms with van der Waals surface area (Å²) in [5.41, 5.74) is 1.98. The average Bonchev–Trinajstić information content (AvgIpc) is 3.07. The van der Waals surface area contributed by atoms with Crippen LogP contribution in [0, 0.1) is 5.92 Å². The second-order valence-corrected chi connectivity index (χ2v) is 8.96. The molecule has 1 saturated heterocycles. The number of hydrogen-bond acceptors (Lipinski definition) is 4. The summed E-state index contributed by atoms with van der Waals surface area (Å²) < 4.78 is 0. The molecule has 6 nitrogen and oxygen atoms in total. The Labute approximate surface area is 193 Å². The van der Waals surface area contributed by atoms with E-state index in [1.54, 1.807) is 36.4 Å². The van der Waals surface area contributed by atoms with Crippen molar-refractivity contribution in [1.82, 2.24) is 4.90 Å². The number of imide groups is 1. The average molecular weight is 454 g/mol. The number of unbranched alkanes of at least 4 members (excludes halogenated alkanes) is 1. The molecule has 1 unspecified atom stereocenters. The summed E-state index contributed by atoms with van der Waals surface area (Å²) in [4.78, 5) is 44.5. The first kappa shape index (κ1) is 22.3. The van der Waals surface area contributed by atoms with Gasteiger partial charge in [0.15, 0.2) is 0 Å². The Kier molecular flexibility index (Phi) is 6.51. The Morgan fingerprint density at radius 2 is 1.94 bits per heavy atom. The first-order valence-electron chi connectivity index (χ1n) is 11.2. The van der Waals surface area contributed by atoms with Crippen molar-refractivity contribution in [3.63, 3.8) is 0 Å². The highest BCUT2D eigenvalue weighted by molar-refractivity contribution is 6.37. The summed E-state index contributed by atoms with van der Waals surface area (Å²) in [6, 6.07) is 12.1. The standard InChI is InChI=1S/C25H28ClN3O3/c1-3-4-13-27(2)23(30)17-8-7-14-28(16-17)21-12-6-11-20-22(21)25(32)29(24(20)31)19-10-5-9-18(26)15-19/h5-6,9-12,15,17H,3-4,7-8,13-14,16H2,1-2H3. The van der Waals surface area contributed by atoms with Crippen LogP contribution in [0.25, 0.3) is 0 Å². The third kappa shape index (κ3) is 4.11. The van der Waals surface area contributed by atoms with E-state index >= 15 is 0 Å². The molecule has 0 spiro atoms. The molecule has 2 aliphatic heterocycles. The molecule has 0 bridgehead atoms. The minimum absolute atomic E-state index is 0.113. The fraction of sp³-hybridized carbons (Fsp3) is 0.400. The molecule has 0 aliphatic carbocycles. The number of piperidine rings is 1. The van der Waals surface area contributed by atoms with Gasteiger partial charge in [0.1, 0.15) is 0 Å². The van der Waals surface area contributed by atoms with Gasteiger partial charge in [-0.3, -0.25) is 14.4 Å². The zero-order valence-corrected chi connectivity index (χ0v) is 19.3. The molecule has 0 aromatic heterocycles. The highest BCUT2D eigenvalue weighted by Crippen LogP contribution is 2.36. The van der Waals surface area contributed by atoms with Gasteiger partial charge in [-0.15, -0.1) is 0 Å². The Morgan fingerprint density at radius 3 is 2.69 bits per heavy atom. The normalized spacial score (nSPS) is 18.2. The van der Waals surface area contributed by atoms with Crippen LogP contribution in [0.4, 0.5) is 11.4 Å². The summed E-state index contributed by atoms with van der Waals surface area (Å²) in [7, 11) is 1.86. The highest BCUT2D eigenvalue weighted by Gasteiger charge is 2.40. The molecule has 2 aromatic carbocycles. The number of benzene rings is 2. The maximum atomic E-state index is 13.4. The van der Waals surface area contributed by atoms with Crippen molar-refractivity contribution >= 4 is 40.7 Å². The Bertz CT molecular complexity index is 1050. The van der Waals surface area contributed by atoms with Crippen LogP contribution in [0.1, 0.15) is 53.3 Å². The van der Waals surface area contributed by atoms with Crippen molar-refractivity contribution in [3.8, 4) is 0 Å². The van der Waals surface area contributed by atoms with E-state index in [-0.39, 0.29) is 23.6 Å². The predicted molar refractivity (Wildman–Crippen MR) is 127 cm³/mol. The molecule has 7 heteroatoms. The van der Waals surface area contributed by atoms with E-state index in [4.69, 9.17) is 11.6 Å². The monoisotopic (exact) mass is 453 g/mol. The van der Waals surface area contributed by atoms with Gasteiger partial charge in [-0.1, -0.05) is 37.1 Å². The number of carbonyl (C=O) groups excluding carboxylic acids is 3. The highest BCUT2D eigenvalue weighted by atomic mass is 35.5. The fourth-order valence-electron chi connectivity index (χ4n) is 4.60. The van der Waals surface area contributed by atoms with Crippen LogP contribution in [0.15, 0.2) is 42.5 Å². The van der Waals surface area contributed by atoms with Crippen molar-refractivity contribution in [2.45, 2.75) is 32.6 Å². The van der Waals surface area contributed by atoms with Crippen LogP contribution < -0.4 is 9.80 Å². The van der Waals surface area contributed by atoms with Crippen LogP contribution in [0.3, 0.4) is 0 Å². The fourth-order valence-corrected chi connectivity index (χ4v) is 4.78. The summed E-state index contributed by atoms with van der Waals surface area (Å²) >= 11 is 6.09. The van der Waals surface area contributed by atoms with E-state index in [1.807, 2.05) is 18.0 Å². The Morgan fingerprint density at radius 1 is 1.16 bits per heavy atom. The molecule has 0 N–H and O–H groups in total. The third-order valence-corrected chi connectivity index (χ3v) is 6.53. The van der Waals surface area contributed by atoms with Crippen molar-refractivity contribution < 1.29 is 14.4 Å². The van der Waals surface area contributed by atoms with Crippen molar-refractivity contribution in [3.05, 3.63) is 58.6 Å². The van der Waals surface area contributed by atoms with Gasteiger partial charge in [0, 0.05) is 31.7 Å². The molecule has 1 fully saturated rings. The van der Waals surface area contributed by atoms with Gasteiger partial charge in [-0.05, 0) is 49.6 Å². The molecular formula is C25H28ClN3O3. The second-order valence-electron chi connectivity index (χ2n) is 8.52. The first-order valence-corrected chi connectivity index (χ1v) is 11.6. The van der Waals surface area contributed by atoms with E-state index < -0.39 is 0 Å². The molecule has 168 valence electrons. The zero-order valence-electron chi connectivity index (χ0n) is 18.5. The molecule has 32 heavy (non-hydrogen) atoms. The molecule has 1 atom stereocenters. The largest absolute Gasteiger partial charge is 0.370 e. The van der Waals surface area contributed by atoms with Gasteiger partial charge in [-0.2, -0.15) is 0 Å². The maximum Gasteiger partial charge on any atom is 0.268 e. The van der Waals surface area contributed by atoms with E-state index in [9.17, 15) is 14.4 Å². The lowest BCUT2D eigenvalue weighted by Gasteiger charge is -2.36. The van der Waals surface area contributed by atoms with Gasteiger partial charge in [0.25, 0.3) is 11.8 Å². The lowest BCUT2D eigenvalue weighted by Crippen LogP contribution is -2.44. The topological polar surface area (TPSA) is 60.9 Å². The minimum atomic E-state index is -0.351. The number of nitrogens with zero attached hydrogens (tertiary/aromatic N) is 3. The summed E-state index contributed by atoms with van der Waals surface area (Å²) in [6.45, 7) is 4.16. The molecule has 4 rings (SSSR count). The van der Waals surface area contributed by atoms with E-state index in [0.717, 1.165) is 44.5 Å². The number of anilines is 2. The van der Waals surface area contributed by atoms with Crippen LogP contribution >= 0.6 is 11.6 Å². The number of halogens is 1. The summed E-state index contributed by atoms with van der Waals surface area (Å²) in [6.07, 6.45) is 3.73. The maximum absolute atomic E-state index is 13.4. The smallest absolute Gasteiger partial charge is 0.268 e. The van der Waals surface area contributed by atoms with Gasteiger partial charge in [0.05, 0.1) is 28.4 Å². The number of amides is 3. The number of carbonyl (C=O) groups is 3. The van der Waals surface area contributed by atoms with Crippen molar-refractivity contribution in [2.24, 2.45) is 5.92 Å². The SMILES string of the molecule is CCCCN(C)C(=O)C1CCCN(c2cccc3c2C(=O)N(c2cccc(Cl)c2)C3=O)C1. The molecule has 2 aromatic rings. The number of fused-ring (bicyclic) bond motifs is 1. The molecule has 3 amide bonds. The van der Waals surface area contributed by atoms with Crippen molar-refractivity contribution in [2.75, 3.05) is 36.5 Å².